The van der Waals surface area contributed by atoms with Gasteiger partial charge in [0.1, 0.15) is 11.6 Å². The predicted molar refractivity (Wildman–Crippen MR) is 49.0 cm³/mol. The summed E-state index contributed by atoms with van der Waals surface area (Å²) in [5.41, 5.74) is 0.0626. The Balaban J connectivity index is 2.51. The lowest BCUT2D eigenvalue weighted by molar-refractivity contribution is -0.125. The summed E-state index contributed by atoms with van der Waals surface area (Å²) in [6.07, 6.45) is -3.78. The van der Waals surface area contributed by atoms with Crippen LogP contribution in [0.4, 0.5) is 26.3 Å². The molecular weight excluding hydrogens is 248 g/mol. The van der Waals surface area contributed by atoms with E-state index >= 15 is 0 Å². The number of nitrogens with one attached hydrogen (secondary N) is 1. The normalized spacial score (nSPS) is 12.2. The van der Waals surface area contributed by atoms with E-state index in [-0.39, 0.29) is 12.1 Å². The molecule has 0 aliphatic rings. The van der Waals surface area contributed by atoms with Crippen LogP contribution >= 0.6 is 0 Å². The molecule has 0 unspecified atom stereocenters. The zero-order valence-corrected chi connectivity index (χ0v) is 8.49. The Morgan fingerprint density at radius 3 is 2.06 bits per heavy atom. The highest BCUT2D eigenvalue weighted by molar-refractivity contribution is 5.17. The van der Waals surface area contributed by atoms with Gasteiger partial charge in [-0.1, -0.05) is 0 Å². The summed E-state index contributed by atoms with van der Waals surface area (Å²) >= 11 is 0. The average molecular weight is 257 g/mol. The summed E-state index contributed by atoms with van der Waals surface area (Å²) in [6, 6.07) is 2.48. The fourth-order valence-corrected chi connectivity index (χ4v) is 1.16. The number of hydrogen-bond acceptors (Lipinski definition) is 1. The van der Waals surface area contributed by atoms with Gasteiger partial charge in [0.05, 0.1) is 6.54 Å². The van der Waals surface area contributed by atoms with Crippen molar-refractivity contribution in [2.75, 3.05) is 6.54 Å². The monoisotopic (exact) mass is 257 g/mol. The summed E-state index contributed by atoms with van der Waals surface area (Å²) < 4.78 is 73.8. The van der Waals surface area contributed by atoms with Crippen LogP contribution in [-0.4, -0.2) is 18.9 Å². The Labute approximate surface area is 93.4 Å². The zero-order valence-electron chi connectivity index (χ0n) is 8.49. The summed E-state index contributed by atoms with van der Waals surface area (Å²) in [7, 11) is 0. The van der Waals surface area contributed by atoms with Gasteiger partial charge in [-0.15, -0.1) is 0 Å². The van der Waals surface area contributed by atoms with E-state index in [9.17, 15) is 26.3 Å². The van der Waals surface area contributed by atoms with Crippen LogP contribution < -0.4 is 5.32 Å². The molecule has 0 bridgehead atoms. The van der Waals surface area contributed by atoms with Crippen molar-refractivity contribution in [3.8, 4) is 0 Å². The van der Waals surface area contributed by atoms with Crippen molar-refractivity contribution < 1.29 is 26.3 Å². The second-order valence-corrected chi connectivity index (χ2v) is 3.44. The van der Waals surface area contributed by atoms with Gasteiger partial charge in [-0.2, -0.15) is 8.78 Å². The van der Waals surface area contributed by atoms with Gasteiger partial charge in [0, 0.05) is 12.6 Å². The first kappa shape index (κ1) is 13.8. The molecule has 0 radical (unpaired) electrons. The minimum absolute atomic E-state index is 0.0626. The van der Waals surface area contributed by atoms with Crippen molar-refractivity contribution in [1.82, 2.24) is 5.32 Å². The molecule has 0 amide bonds. The molecule has 96 valence electrons. The highest BCUT2D eigenvalue weighted by atomic mass is 19.3. The first-order valence-electron chi connectivity index (χ1n) is 4.63. The van der Waals surface area contributed by atoms with E-state index in [0.717, 1.165) is 12.1 Å². The van der Waals surface area contributed by atoms with Crippen molar-refractivity contribution in [1.29, 1.82) is 0 Å². The van der Waals surface area contributed by atoms with Gasteiger partial charge < -0.3 is 5.32 Å². The van der Waals surface area contributed by atoms with Crippen molar-refractivity contribution in [2.45, 2.75) is 18.9 Å². The molecule has 7 heteroatoms. The largest absolute Gasteiger partial charge is 0.319 e. The third-order valence-electron chi connectivity index (χ3n) is 1.93. The first-order chi connectivity index (χ1) is 7.81. The molecule has 1 aromatic rings. The van der Waals surface area contributed by atoms with E-state index in [1.807, 2.05) is 5.32 Å². The van der Waals surface area contributed by atoms with Crippen LogP contribution in [0.2, 0.25) is 0 Å². The van der Waals surface area contributed by atoms with E-state index in [2.05, 4.69) is 0 Å². The molecule has 0 aliphatic heterocycles. The molecule has 0 heterocycles. The Hall–Kier alpha value is -1.24. The Morgan fingerprint density at radius 1 is 1.06 bits per heavy atom. The van der Waals surface area contributed by atoms with Gasteiger partial charge in [0.15, 0.2) is 0 Å². The van der Waals surface area contributed by atoms with Crippen LogP contribution in [0.1, 0.15) is 5.56 Å². The van der Waals surface area contributed by atoms with Crippen molar-refractivity contribution >= 4 is 0 Å². The van der Waals surface area contributed by atoms with Gasteiger partial charge in [-0.25, -0.2) is 17.6 Å². The van der Waals surface area contributed by atoms with E-state index in [1.54, 1.807) is 0 Å². The Kier molecular flexibility index (Phi) is 4.39. The average Bonchev–Trinajstić information content (AvgIpc) is 2.15. The maximum atomic E-state index is 12.7. The molecule has 1 N–H and O–H groups in total. The Morgan fingerprint density at radius 2 is 1.59 bits per heavy atom. The zero-order chi connectivity index (χ0) is 13.1. The molecule has 1 nitrogen and oxygen atoms in total. The van der Waals surface area contributed by atoms with Crippen molar-refractivity contribution in [3.63, 3.8) is 0 Å². The highest BCUT2D eigenvalue weighted by Crippen LogP contribution is 2.21. The standard InChI is InChI=1S/C10H9F6N/c11-7-1-6(2-8(12)3-7)4-17-5-10(15,16)9(13)14/h1-3,9,17H,4-5H2. The SMILES string of the molecule is Fc1cc(F)cc(CNCC(F)(F)C(F)F)c1. The fourth-order valence-electron chi connectivity index (χ4n) is 1.16. The van der Waals surface area contributed by atoms with Gasteiger partial charge in [-0.3, -0.25) is 0 Å². The predicted octanol–water partition coefficient (Wildman–Crippen LogP) is 2.95. The third-order valence-corrected chi connectivity index (χ3v) is 1.93. The molecule has 0 saturated carbocycles. The lowest BCUT2D eigenvalue weighted by atomic mass is 10.2. The molecule has 1 aromatic carbocycles. The third kappa shape index (κ3) is 4.26. The molecule has 1 rings (SSSR count). The minimum atomic E-state index is -4.16. The second-order valence-electron chi connectivity index (χ2n) is 3.44. The van der Waals surface area contributed by atoms with E-state index in [4.69, 9.17) is 0 Å². The maximum Gasteiger partial charge on any atom is 0.319 e. The fraction of sp³-hybridized carbons (Fsp3) is 0.400. The number of benzene rings is 1. The van der Waals surface area contributed by atoms with Crippen molar-refractivity contribution in [3.05, 3.63) is 35.4 Å². The molecule has 0 aromatic heterocycles. The second kappa shape index (κ2) is 5.39. The molecule has 0 atom stereocenters. The van der Waals surface area contributed by atoms with Crippen LogP contribution in [0.15, 0.2) is 18.2 Å². The summed E-state index contributed by atoms with van der Waals surface area (Å²) in [5, 5.41) is 2.01. The number of halogens is 6. The van der Waals surface area contributed by atoms with Crippen LogP contribution in [0.5, 0.6) is 0 Å². The summed E-state index contributed by atoms with van der Waals surface area (Å²) in [4.78, 5) is 0. The minimum Gasteiger partial charge on any atom is -0.307 e. The smallest absolute Gasteiger partial charge is 0.307 e. The van der Waals surface area contributed by atoms with E-state index in [0.29, 0.717) is 6.07 Å². The quantitative estimate of drug-likeness (QED) is 0.800. The molecule has 17 heavy (non-hydrogen) atoms. The number of hydrogen-bond donors (Lipinski definition) is 1. The molecule has 0 fully saturated rings. The van der Waals surface area contributed by atoms with Gasteiger partial charge in [-0.05, 0) is 17.7 Å². The Bertz CT molecular complexity index is 359. The first-order valence-corrected chi connectivity index (χ1v) is 4.63. The summed E-state index contributed by atoms with van der Waals surface area (Å²) in [5.74, 6) is -5.88. The highest BCUT2D eigenvalue weighted by Gasteiger charge is 2.39. The van der Waals surface area contributed by atoms with Gasteiger partial charge in [0.2, 0.25) is 0 Å². The molecular formula is C10H9F6N. The van der Waals surface area contributed by atoms with Crippen molar-refractivity contribution in [2.24, 2.45) is 0 Å². The topological polar surface area (TPSA) is 12.0 Å². The lowest BCUT2D eigenvalue weighted by Gasteiger charge is -2.15. The summed E-state index contributed by atoms with van der Waals surface area (Å²) in [6.45, 7) is -1.58. The molecule has 0 saturated heterocycles. The van der Waals surface area contributed by atoms with Gasteiger partial charge >= 0.3 is 12.3 Å². The molecule has 0 spiro atoms. The van der Waals surface area contributed by atoms with Gasteiger partial charge in [0.25, 0.3) is 0 Å². The van der Waals surface area contributed by atoms with E-state index < -0.39 is 30.5 Å². The maximum absolute atomic E-state index is 12.7. The van der Waals surface area contributed by atoms with Crippen LogP contribution in [-0.2, 0) is 6.54 Å². The van der Waals surface area contributed by atoms with E-state index in [1.165, 1.54) is 0 Å². The lowest BCUT2D eigenvalue weighted by Crippen LogP contribution is -2.38. The van der Waals surface area contributed by atoms with Crippen LogP contribution in [0.25, 0.3) is 0 Å². The van der Waals surface area contributed by atoms with Crippen LogP contribution in [0, 0.1) is 11.6 Å². The van der Waals surface area contributed by atoms with Crippen LogP contribution in [0.3, 0.4) is 0 Å². The molecule has 0 aliphatic carbocycles. The number of alkyl halides is 4. The number of rotatable bonds is 5.